The molecule has 0 saturated heterocycles. The molecule has 1 aromatic carbocycles. The zero-order valence-electron chi connectivity index (χ0n) is 10.8. The molecule has 0 saturated carbocycles. The van der Waals surface area contributed by atoms with Crippen LogP contribution in [0.25, 0.3) is 0 Å². The van der Waals surface area contributed by atoms with Gasteiger partial charge in [0.05, 0.1) is 0 Å². The average molecular weight is 242 g/mol. The smallest absolute Gasteiger partial charge is 0.221 e. The molecule has 0 aliphatic rings. The lowest BCUT2D eigenvalue weighted by atomic mass is 9.98. The fourth-order valence-corrected chi connectivity index (χ4v) is 1.80. The lowest BCUT2D eigenvalue weighted by Gasteiger charge is -2.14. The Morgan fingerprint density at radius 1 is 1.17 bits per heavy atom. The SMILES string of the molecule is CCC(C)c1ccccc1Oc1cccc(N)n1. The van der Waals surface area contributed by atoms with Crippen molar-refractivity contribution in [3.05, 3.63) is 48.0 Å². The van der Waals surface area contributed by atoms with E-state index >= 15 is 0 Å². The second-order valence-electron chi connectivity index (χ2n) is 4.35. The van der Waals surface area contributed by atoms with Gasteiger partial charge in [0.25, 0.3) is 0 Å². The minimum Gasteiger partial charge on any atom is -0.439 e. The number of aromatic nitrogens is 1. The van der Waals surface area contributed by atoms with Crippen LogP contribution in [-0.2, 0) is 0 Å². The molecule has 18 heavy (non-hydrogen) atoms. The number of benzene rings is 1. The summed E-state index contributed by atoms with van der Waals surface area (Å²) in [5, 5.41) is 0. The van der Waals surface area contributed by atoms with Crippen LogP contribution in [0, 0.1) is 0 Å². The quantitative estimate of drug-likeness (QED) is 0.882. The van der Waals surface area contributed by atoms with E-state index in [4.69, 9.17) is 10.5 Å². The first kappa shape index (κ1) is 12.4. The number of nitrogens with two attached hydrogens (primary N) is 1. The first-order valence-corrected chi connectivity index (χ1v) is 6.20. The van der Waals surface area contributed by atoms with Gasteiger partial charge in [-0.3, -0.25) is 0 Å². The molecule has 3 nitrogen and oxygen atoms in total. The molecular formula is C15H18N2O. The van der Waals surface area contributed by atoms with E-state index in [0.29, 0.717) is 17.6 Å². The van der Waals surface area contributed by atoms with Crippen molar-refractivity contribution in [3.8, 4) is 11.6 Å². The maximum absolute atomic E-state index is 5.82. The predicted molar refractivity (Wildman–Crippen MR) is 73.9 cm³/mol. The van der Waals surface area contributed by atoms with E-state index in [1.165, 1.54) is 5.56 Å². The van der Waals surface area contributed by atoms with E-state index in [1.807, 2.05) is 30.3 Å². The minimum atomic E-state index is 0.460. The van der Waals surface area contributed by atoms with E-state index in [-0.39, 0.29) is 0 Å². The number of rotatable bonds is 4. The third-order valence-electron chi connectivity index (χ3n) is 3.02. The molecule has 0 bridgehead atoms. The lowest BCUT2D eigenvalue weighted by molar-refractivity contribution is 0.453. The van der Waals surface area contributed by atoms with E-state index in [9.17, 15) is 0 Å². The highest BCUT2D eigenvalue weighted by atomic mass is 16.5. The van der Waals surface area contributed by atoms with Crippen molar-refractivity contribution in [3.63, 3.8) is 0 Å². The molecule has 1 atom stereocenters. The van der Waals surface area contributed by atoms with E-state index in [2.05, 4.69) is 24.9 Å². The number of pyridine rings is 1. The van der Waals surface area contributed by atoms with Gasteiger partial charge in [0, 0.05) is 6.07 Å². The molecule has 1 heterocycles. The van der Waals surface area contributed by atoms with Gasteiger partial charge in [-0.25, -0.2) is 0 Å². The third kappa shape index (κ3) is 2.80. The van der Waals surface area contributed by atoms with Gasteiger partial charge in [0.2, 0.25) is 5.88 Å². The monoisotopic (exact) mass is 242 g/mol. The van der Waals surface area contributed by atoms with Crippen molar-refractivity contribution in [2.45, 2.75) is 26.2 Å². The van der Waals surface area contributed by atoms with Crippen LogP contribution < -0.4 is 10.5 Å². The minimum absolute atomic E-state index is 0.460. The van der Waals surface area contributed by atoms with Crippen LogP contribution in [0.3, 0.4) is 0 Å². The second-order valence-corrected chi connectivity index (χ2v) is 4.35. The molecule has 2 N–H and O–H groups in total. The fraction of sp³-hybridized carbons (Fsp3) is 0.267. The largest absolute Gasteiger partial charge is 0.439 e. The van der Waals surface area contributed by atoms with Crippen LogP contribution in [-0.4, -0.2) is 4.98 Å². The van der Waals surface area contributed by atoms with Crippen LogP contribution in [0.4, 0.5) is 5.82 Å². The Morgan fingerprint density at radius 3 is 2.67 bits per heavy atom. The summed E-state index contributed by atoms with van der Waals surface area (Å²) < 4.78 is 5.82. The highest BCUT2D eigenvalue weighted by Crippen LogP contribution is 2.31. The molecule has 2 aromatic rings. The molecule has 0 aliphatic carbocycles. The van der Waals surface area contributed by atoms with Crippen molar-refractivity contribution in [2.75, 3.05) is 5.73 Å². The lowest BCUT2D eigenvalue weighted by Crippen LogP contribution is -1.98. The molecule has 2 rings (SSSR count). The maximum atomic E-state index is 5.82. The van der Waals surface area contributed by atoms with Crippen molar-refractivity contribution in [1.29, 1.82) is 0 Å². The van der Waals surface area contributed by atoms with Gasteiger partial charge in [0.15, 0.2) is 0 Å². The Balaban J connectivity index is 2.29. The standard InChI is InChI=1S/C15H18N2O/c1-3-11(2)12-7-4-5-8-13(12)18-15-10-6-9-14(16)17-15/h4-11H,3H2,1-2H3,(H2,16,17). The van der Waals surface area contributed by atoms with Crippen LogP contribution in [0.1, 0.15) is 31.7 Å². The maximum Gasteiger partial charge on any atom is 0.221 e. The molecule has 94 valence electrons. The number of anilines is 1. The Kier molecular flexibility index (Phi) is 3.82. The highest BCUT2D eigenvalue weighted by molar-refractivity contribution is 5.39. The van der Waals surface area contributed by atoms with E-state index in [1.54, 1.807) is 6.07 Å². The first-order valence-electron chi connectivity index (χ1n) is 6.20. The molecule has 0 spiro atoms. The van der Waals surface area contributed by atoms with Crippen LogP contribution >= 0.6 is 0 Å². The molecular weight excluding hydrogens is 224 g/mol. The number of nitrogens with zero attached hydrogens (tertiary/aromatic N) is 1. The second kappa shape index (κ2) is 5.54. The number of hydrogen-bond donors (Lipinski definition) is 1. The summed E-state index contributed by atoms with van der Waals surface area (Å²) in [7, 11) is 0. The summed E-state index contributed by atoms with van der Waals surface area (Å²) in [6, 6.07) is 13.4. The Labute approximate surface area is 108 Å². The number of nitrogen functional groups attached to an aromatic ring is 1. The summed E-state index contributed by atoms with van der Waals surface area (Å²) >= 11 is 0. The van der Waals surface area contributed by atoms with Gasteiger partial charge in [-0.05, 0) is 30.0 Å². The number of para-hydroxylation sites is 1. The molecule has 0 fully saturated rings. The Morgan fingerprint density at radius 2 is 1.94 bits per heavy atom. The van der Waals surface area contributed by atoms with Crippen molar-refractivity contribution in [1.82, 2.24) is 4.98 Å². The zero-order valence-corrected chi connectivity index (χ0v) is 10.8. The Hall–Kier alpha value is -2.03. The van der Waals surface area contributed by atoms with Gasteiger partial charge in [-0.1, -0.05) is 38.1 Å². The Bertz CT molecular complexity index is 525. The highest BCUT2D eigenvalue weighted by Gasteiger charge is 2.10. The van der Waals surface area contributed by atoms with Crippen LogP contribution in [0.15, 0.2) is 42.5 Å². The summed E-state index contributed by atoms with van der Waals surface area (Å²) in [6.45, 7) is 4.36. The van der Waals surface area contributed by atoms with E-state index in [0.717, 1.165) is 12.2 Å². The summed E-state index contributed by atoms with van der Waals surface area (Å²) in [6.07, 6.45) is 1.07. The van der Waals surface area contributed by atoms with Crippen LogP contribution in [0.2, 0.25) is 0 Å². The fourth-order valence-electron chi connectivity index (χ4n) is 1.80. The van der Waals surface area contributed by atoms with Gasteiger partial charge in [0.1, 0.15) is 11.6 Å². The van der Waals surface area contributed by atoms with Gasteiger partial charge < -0.3 is 10.5 Å². The van der Waals surface area contributed by atoms with E-state index < -0.39 is 0 Å². The molecule has 3 heteroatoms. The predicted octanol–water partition coefficient (Wildman–Crippen LogP) is 3.97. The van der Waals surface area contributed by atoms with Crippen molar-refractivity contribution in [2.24, 2.45) is 0 Å². The van der Waals surface area contributed by atoms with Gasteiger partial charge in [-0.2, -0.15) is 4.98 Å². The number of ether oxygens (including phenoxy) is 1. The van der Waals surface area contributed by atoms with Crippen molar-refractivity contribution >= 4 is 5.82 Å². The normalized spacial score (nSPS) is 12.1. The van der Waals surface area contributed by atoms with Gasteiger partial charge in [-0.15, -0.1) is 0 Å². The number of hydrogen-bond acceptors (Lipinski definition) is 3. The molecule has 1 aromatic heterocycles. The molecule has 1 unspecified atom stereocenters. The first-order chi connectivity index (χ1) is 8.70. The van der Waals surface area contributed by atoms with Crippen molar-refractivity contribution < 1.29 is 4.74 Å². The summed E-state index contributed by atoms with van der Waals surface area (Å²) in [5.41, 5.74) is 6.84. The zero-order chi connectivity index (χ0) is 13.0. The average Bonchev–Trinajstić information content (AvgIpc) is 2.38. The summed E-state index contributed by atoms with van der Waals surface area (Å²) in [5.74, 6) is 2.31. The topological polar surface area (TPSA) is 48.1 Å². The summed E-state index contributed by atoms with van der Waals surface area (Å²) in [4.78, 5) is 4.15. The molecule has 0 amide bonds. The third-order valence-corrected chi connectivity index (χ3v) is 3.02. The molecule has 0 radical (unpaired) electrons. The van der Waals surface area contributed by atoms with Gasteiger partial charge >= 0.3 is 0 Å². The molecule has 0 aliphatic heterocycles. The van der Waals surface area contributed by atoms with Crippen LogP contribution in [0.5, 0.6) is 11.6 Å².